The van der Waals surface area contributed by atoms with Crippen molar-refractivity contribution in [3.63, 3.8) is 0 Å². The second-order valence-electron chi connectivity index (χ2n) is 7.55. The van der Waals surface area contributed by atoms with Gasteiger partial charge in [-0.1, -0.05) is 36.4 Å². The van der Waals surface area contributed by atoms with Gasteiger partial charge in [0.1, 0.15) is 5.75 Å². The van der Waals surface area contributed by atoms with Crippen molar-refractivity contribution in [1.29, 1.82) is 0 Å². The number of ether oxygens (including phenoxy) is 2. The van der Waals surface area contributed by atoms with Crippen LogP contribution in [0.15, 0.2) is 83.8 Å². The second kappa shape index (κ2) is 10.8. The Hall–Kier alpha value is -3.85. The van der Waals surface area contributed by atoms with Crippen molar-refractivity contribution in [3.8, 4) is 5.75 Å². The first-order valence-corrected chi connectivity index (χ1v) is 12.0. The lowest BCUT2D eigenvalue weighted by molar-refractivity contribution is -0.129. The van der Waals surface area contributed by atoms with Crippen molar-refractivity contribution >= 4 is 27.6 Å². The lowest BCUT2D eigenvalue weighted by Crippen LogP contribution is -2.37. The molecule has 0 aliphatic carbocycles. The lowest BCUT2D eigenvalue weighted by Gasteiger charge is -2.18. The monoisotopic (exact) mass is 482 g/mol. The summed E-state index contributed by atoms with van der Waals surface area (Å²) in [4.78, 5) is 24.9. The van der Waals surface area contributed by atoms with Gasteiger partial charge in [0, 0.05) is 5.69 Å². The van der Waals surface area contributed by atoms with Crippen LogP contribution < -0.4 is 14.8 Å². The molecular weight excluding hydrogens is 456 g/mol. The van der Waals surface area contributed by atoms with Crippen LogP contribution in [0.3, 0.4) is 0 Å². The molecule has 2 unspecified atom stereocenters. The minimum Gasteiger partial charge on any atom is -0.497 e. The third-order valence-corrected chi connectivity index (χ3v) is 6.41. The van der Waals surface area contributed by atoms with E-state index in [4.69, 9.17) is 9.47 Å². The quantitative estimate of drug-likeness (QED) is 0.447. The molecule has 2 atom stereocenters. The number of esters is 1. The van der Waals surface area contributed by atoms with E-state index in [1.165, 1.54) is 38.3 Å². The van der Waals surface area contributed by atoms with Crippen molar-refractivity contribution in [1.82, 2.24) is 5.32 Å². The first-order chi connectivity index (χ1) is 16.2. The highest BCUT2D eigenvalue weighted by Gasteiger charge is 2.22. The average Bonchev–Trinajstić information content (AvgIpc) is 2.84. The number of carbonyl (C=O) groups is 2. The molecule has 0 aromatic heterocycles. The molecule has 3 aromatic carbocycles. The van der Waals surface area contributed by atoms with Crippen LogP contribution in [-0.2, 0) is 19.6 Å². The van der Waals surface area contributed by atoms with Crippen molar-refractivity contribution in [2.24, 2.45) is 0 Å². The average molecular weight is 483 g/mol. The Morgan fingerprint density at radius 3 is 2.21 bits per heavy atom. The van der Waals surface area contributed by atoms with Gasteiger partial charge in [-0.3, -0.25) is 9.52 Å². The Labute approximate surface area is 199 Å². The number of hydrogen-bond acceptors (Lipinski definition) is 6. The highest BCUT2D eigenvalue weighted by molar-refractivity contribution is 7.92. The first kappa shape index (κ1) is 24.8. The number of nitrogens with one attached hydrogen (secondary N) is 2. The van der Waals surface area contributed by atoms with Crippen LogP contribution in [-0.4, -0.2) is 33.5 Å². The fourth-order valence-corrected chi connectivity index (χ4v) is 4.21. The van der Waals surface area contributed by atoms with E-state index >= 15 is 0 Å². The van der Waals surface area contributed by atoms with E-state index in [0.717, 1.165) is 5.56 Å². The molecule has 9 heteroatoms. The summed E-state index contributed by atoms with van der Waals surface area (Å²) in [6, 6.07) is 20.9. The fraction of sp³-hybridized carbons (Fsp3) is 0.200. The lowest BCUT2D eigenvalue weighted by atomic mass is 10.1. The van der Waals surface area contributed by atoms with Crippen LogP contribution >= 0.6 is 0 Å². The Balaban J connectivity index is 1.65. The van der Waals surface area contributed by atoms with Gasteiger partial charge in [0.15, 0.2) is 6.10 Å². The molecule has 0 saturated heterocycles. The van der Waals surface area contributed by atoms with Gasteiger partial charge in [-0.05, 0) is 61.9 Å². The van der Waals surface area contributed by atoms with E-state index in [1.54, 1.807) is 24.3 Å². The van der Waals surface area contributed by atoms with Crippen LogP contribution in [0, 0.1) is 0 Å². The van der Waals surface area contributed by atoms with Gasteiger partial charge < -0.3 is 14.8 Å². The number of hydrogen-bond donors (Lipinski definition) is 2. The maximum Gasteiger partial charge on any atom is 0.338 e. The van der Waals surface area contributed by atoms with Crippen LogP contribution in [0.2, 0.25) is 0 Å². The predicted molar refractivity (Wildman–Crippen MR) is 128 cm³/mol. The zero-order valence-electron chi connectivity index (χ0n) is 19.0. The summed E-state index contributed by atoms with van der Waals surface area (Å²) < 4.78 is 38.3. The minimum atomic E-state index is -3.96. The van der Waals surface area contributed by atoms with Gasteiger partial charge in [0.25, 0.3) is 15.9 Å². The van der Waals surface area contributed by atoms with E-state index in [9.17, 15) is 18.0 Å². The molecule has 0 fully saturated rings. The number of carbonyl (C=O) groups excluding carboxylic acids is 2. The van der Waals surface area contributed by atoms with Gasteiger partial charge in [-0.2, -0.15) is 0 Å². The molecule has 1 amide bonds. The van der Waals surface area contributed by atoms with Gasteiger partial charge in [0.2, 0.25) is 0 Å². The van der Waals surface area contributed by atoms with E-state index in [1.807, 2.05) is 37.3 Å². The highest BCUT2D eigenvalue weighted by Crippen LogP contribution is 2.20. The van der Waals surface area contributed by atoms with Gasteiger partial charge in [0.05, 0.1) is 23.6 Å². The summed E-state index contributed by atoms with van der Waals surface area (Å²) in [5.74, 6) is -0.685. The molecule has 0 bridgehead atoms. The van der Waals surface area contributed by atoms with Gasteiger partial charge in [-0.15, -0.1) is 0 Å². The fourth-order valence-electron chi connectivity index (χ4n) is 3.10. The SMILES string of the molecule is COc1ccc(NS(=O)(=O)c2cccc(C(=O)OC(C)C(=O)NC(C)c3ccccc3)c2)cc1. The zero-order valence-corrected chi connectivity index (χ0v) is 19.8. The first-order valence-electron chi connectivity index (χ1n) is 10.5. The summed E-state index contributed by atoms with van der Waals surface area (Å²) in [6.07, 6.45) is -1.07. The van der Waals surface area contributed by atoms with Crippen molar-refractivity contribution < 1.29 is 27.5 Å². The van der Waals surface area contributed by atoms with Crippen LogP contribution in [0.4, 0.5) is 5.69 Å². The second-order valence-corrected chi connectivity index (χ2v) is 9.23. The molecule has 0 aliphatic heterocycles. The molecule has 0 aliphatic rings. The Kier molecular flexibility index (Phi) is 7.91. The maximum absolute atomic E-state index is 12.8. The molecule has 3 aromatic rings. The largest absolute Gasteiger partial charge is 0.497 e. The minimum absolute atomic E-state index is 0.00774. The molecule has 8 nitrogen and oxygen atoms in total. The number of benzene rings is 3. The van der Waals surface area contributed by atoms with Gasteiger partial charge >= 0.3 is 5.97 Å². The normalized spacial score (nSPS) is 12.8. The Morgan fingerprint density at radius 1 is 0.882 bits per heavy atom. The topological polar surface area (TPSA) is 111 Å². The third kappa shape index (κ3) is 6.35. The summed E-state index contributed by atoms with van der Waals surface area (Å²) in [5, 5.41) is 2.79. The summed E-state index contributed by atoms with van der Waals surface area (Å²) in [6.45, 7) is 3.28. The maximum atomic E-state index is 12.8. The standard InChI is InChI=1S/C25H26N2O6S/c1-17(19-8-5-4-6-9-19)26-24(28)18(2)33-25(29)20-10-7-11-23(16-20)34(30,31)27-21-12-14-22(32-3)15-13-21/h4-18,27H,1-3H3,(H,26,28). The van der Waals surface area contributed by atoms with E-state index < -0.39 is 28.0 Å². The summed E-state index contributed by atoms with van der Waals surface area (Å²) >= 11 is 0. The molecule has 0 spiro atoms. The van der Waals surface area contributed by atoms with E-state index in [0.29, 0.717) is 11.4 Å². The summed E-state index contributed by atoms with van der Waals surface area (Å²) in [7, 11) is -2.45. The van der Waals surface area contributed by atoms with Crippen molar-refractivity contribution in [2.45, 2.75) is 30.9 Å². The molecule has 0 radical (unpaired) electrons. The van der Waals surface area contributed by atoms with E-state index in [2.05, 4.69) is 10.0 Å². The van der Waals surface area contributed by atoms with Crippen LogP contribution in [0.1, 0.15) is 35.8 Å². The number of anilines is 1. The van der Waals surface area contributed by atoms with Crippen LogP contribution in [0.5, 0.6) is 5.75 Å². The number of sulfonamides is 1. The third-order valence-electron chi connectivity index (χ3n) is 5.03. The van der Waals surface area contributed by atoms with Crippen molar-refractivity contribution in [2.75, 3.05) is 11.8 Å². The molecule has 178 valence electrons. The zero-order chi connectivity index (χ0) is 24.7. The molecule has 0 saturated carbocycles. The number of methoxy groups -OCH3 is 1. The van der Waals surface area contributed by atoms with Crippen LogP contribution in [0.25, 0.3) is 0 Å². The molecule has 3 rings (SSSR count). The van der Waals surface area contributed by atoms with Crippen molar-refractivity contribution in [3.05, 3.63) is 90.0 Å². The predicted octanol–water partition coefficient (Wildman–Crippen LogP) is 3.92. The molecule has 2 N–H and O–H groups in total. The Morgan fingerprint density at radius 2 is 1.56 bits per heavy atom. The summed E-state index contributed by atoms with van der Waals surface area (Å²) in [5.41, 5.74) is 1.26. The van der Waals surface area contributed by atoms with Gasteiger partial charge in [-0.25, -0.2) is 13.2 Å². The highest BCUT2D eigenvalue weighted by atomic mass is 32.2. The molecular formula is C25H26N2O6S. The number of amides is 1. The molecule has 0 heterocycles. The Bertz CT molecular complexity index is 1240. The smallest absolute Gasteiger partial charge is 0.338 e. The number of rotatable bonds is 9. The molecule has 34 heavy (non-hydrogen) atoms. The van der Waals surface area contributed by atoms with E-state index in [-0.39, 0.29) is 16.5 Å².